The summed E-state index contributed by atoms with van der Waals surface area (Å²) in [6.07, 6.45) is 4.51. The molecule has 0 radical (unpaired) electrons. The average Bonchev–Trinajstić information content (AvgIpc) is 2.80. The Morgan fingerprint density at radius 1 is 1.22 bits per heavy atom. The van der Waals surface area contributed by atoms with Gasteiger partial charge in [-0.2, -0.15) is 0 Å². The fourth-order valence-corrected chi connectivity index (χ4v) is 3.64. The van der Waals surface area contributed by atoms with Crippen LogP contribution in [0.5, 0.6) is 0 Å². The molecule has 1 aromatic carbocycles. The highest BCUT2D eigenvalue weighted by molar-refractivity contribution is 6.11. The predicted octanol–water partition coefficient (Wildman–Crippen LogP) is 1.60. The fourth-order valence-electron chi connectivity index (χ4n) is 3.64. The van der Waals surface area contributed by atoms with E-state index in [1.165, 1.54) is 6.21 Å². The Morgan fingerprint density at radius 2 is 2.03 bits per heavy atom. The minimum Gasteiger partial charge on any atom is -0.390 e. The third-order valence-corrected chi connectivity index (χ3v) is 5.45. The lowest BCUT2D eigenvalue weighted by Crippen LogP contribution is -2.56. The molecule has 0 saturated carbocycles. The molecule has 1 saturated heterocycles. The number of allylic oxidation sites excluding steroid dienone is 1. The van der Waals surface area contributed by atoms with Crippen molar-refractivity contribution in [2.75, 3.05) is 37.0 Å². The Morgan fingerprint density at radius 3 is 2.72 bits per heavy atom. The van der Waals surface area contributed by atoms with E-state index in [0.29, 0.717) is 22.7 Å². The van der Waals surface area contributed by atoms with Crippen LogP contribution in [0, 0.1) is 5.41 Å². The molecular formula is C23H25N7O2. The van der Waals surface area contributed by atoms with Crippen LogP contribution >= 0.6 is 0 Å². The van der Waals surface area contributed by atoms with Gasteiger partial charge in [0.25, 0.3) is 5.91 Å². The zero-order valence-corrected chi connectivity index (χ0v) is 17.7. The standard InChI is InChI=1S/C23H25N7O2/c1-26-20(13-31)19(9-24)14-2-3-16-10-28-21(7-17(16)6-14)29-23(32)15-4-5-27-22(8-15)30-11-18(25)12-30/h2-10,18,24,26,31H,11-13,25H2,1H3,(H,28,29,32)/b20-19+,24-9?. The number of nitrogens with zero attached hydrogens (tertiary/aromatic N) is 3. The summed E-state index contributed by atoms with van der Waals surface area (Å²) >= 11 is 0. The van der Waals surface area contributed by atoms with E-state index in [1.54, 1.807) is 37.6 Å². The number of benzene rings is 1. The van der Waals surface area contributed by atoms with Crippen LogP contribution in [0.15, 0.2) is 54.5 Å². The van der Waals surface area contributed by atoms with E-state index in [0.717, 1.165) is 35.2 Å². The molecule has 9 nitrogen and oxygen atoms in total. The summed E-state index contributed by atoms with van der Waals surface area (Å²) in [4.78, 5) is 23.5. The third kappa shape index (κ3) is 4.29. The molecule has 32 heavy (non-hydrogen) atoms. The minimum atomic E-state index is -0.278. The van der Waals surface area contributed by atoms with Gasteiger partial charge in [-0.25, -0.2) is 9.97 Å². The van der Waals surface area contributed by atoms with Crippen LogP contribution in [0.4, 0.5) is 11.6 Å². The molecule has 1 aliphatic rings. The van der Waals surface area contributed by atoms with E-state index in [-0.39, 0.29) is 18.6 Å². The normalized spacial score (nSPS) is 14.5. The van der Waals surface area contributed by atoms with Crippen molar-refractivity contribution in [1.29, 1.82) is 5.41 Å². The molecule has 1 fully saturated rings. The van der Waals surface area contributed by atoms with Crippen molar-refractivity contribution in [3.05, 3.63) is 65.6 Å². The summed E-state index contributed by atoms with van der Waals surface area (Å²) in [5, 5.41) is 24.8. The highest BCUT2D eigenvalue weighted by Crippen LogP contribution is 2.24. The maximum absolute atomic E-state index is 12.8. The zero-order valence-electron chi connectivity index (χ0n) is 17.7. The number of carbonyl (C=O) groups excluding carboxylic acids is 1. The number of aromatic nitrogens is 2. The van der Waals surface area contributed by atoms with E-state index in [1.807, 2.05) is 23.1 Å². The molecule has 0 spiro atoms. The Balaban J connectivity index is 1.58. The number of hydrogen-bond donors (Lipinski definition) is 5. The molecule has 164 valence electrons. The second-order valence-corrected chi connectivity index (χ2v) is 7.60. The summed E-state index contributed by atoms with van der Waals surface area (Å²) < 4.78 is 0. The monoisotopic (exact) mass is 431 g/mol. The van der Waals surface area contributed by atoms with Crippen molar-refractivity contribution >= 4 is 40.1 Å². The first-order chi connectivity index (χ1) is 15.5. The van der Waals surface area contributed by atoms with Crippen molar-refractivity contribution in [2.45, 2.75) is 6.04 Å². The van der Waals surface area contributed by atoms with Gasteiger partial charge in [-0.1, -0.05) is 12.1 Å². The molecule has 3 heterocycles. The van der Waals surface area contributed by atoms with Gasteiger partial charge in [0.1, 0.15) is 11.6 Å². The molecule has 0 unspecified atom stereocenters. The molecule has 9 heteroatoms. The van der Waals surface area contributed by atoms with Crippen molar-refractivity contribution in [2.24, 2.45) is 5.73 Å². The van der Waals surface area contributed by atoms with Gasteiger partial charge >= 0.3 is 0 Å². The van der Waals surface area contributed by atoms with Crippen LogP contribution in [-0.4, -0.2) is 60.0 Å². The second-order valence-electron chi connectivity index (χ2n) is 7.60. The van der Waals surface area contributed by atoms with Crippen LogP contribution in [-0.2, 0) is 0 Å². The number of aliphatic hydroxyl groups excluding tert-OH is 1. The SMILES string of the molecule is CN/C(CO)=C(\C=N)c1ccc2cnc(NC(=O)c3ccnc(N4CC(N)C4)c3)cc2c1. The van der Waals surface area contributed by atoms with Crippen molar-refractivity contribution in [3.63, 3.8) is 0 Å². The van der Waals surface area contributed by atoms with Gasteiger partial charge in [0.15, 0.2) is 0 Å². The van der Waals surface area contributed by atoms with Gasteiger partial charge in [-0.15, -0.1) is 0 Å². The third-order valence-electron chi connectivity index (χ3n) is 5.45. The van der Waals surface area contributed by atoms with Crippen LogP contribution < -0.4 is 21.3 Å². The van der Waals surface area contributed by atoms with E-state index in [2.05, 4.69) is 20.6 Å². The van der Waals surface area contributed by atoms with Crippen LogP contribution in [0.3, 0.4) is 0 Å². The topological polar surface area (TPSA) is 140 Å². The maximum Gasteiger partial charge on any atom is 0.257 e. The molecule has 6 N–H and O–H groups in total. The Labute approximate surface area is 185 Å². The number of likely N-dealkylation sites (N-methyl/N-ethyl adjacent to an activating group) is 1. The van der Waals surface area contributed by atoms with Gasteiger partial charge in [0, 0.05) is 67.0 Å². The molecule has 1 aliphatic heterocycles. The largest absolute Gasteiger partial charge is 0.390 e. The summed E-state index contributed by atoms with van der Waals surface area (Å²) in [5.41, 5.74) is 8.25. The number of nitrogens with one attached hydrogen (secondary N) is 3. The number of pyridine rings is 2. The van der Waals surface area contributed by atoms with Gasteiger partial charge < -0.3 is 31.8 Å². The van der Waals surface area contributed by atoms with Gasteiger partial charge in [0.2, 0.25) is 0 Å². The average molecular weight is 432 g/mol. The van der Waals surface area contributed by atoms with E-state index < -0.39 is 0 Å². The van der Waals surface area contributed by atoms with Crippen LogP contribution in [0.25, 0.3) is 16.3 Å². The van der Waals surface area contributed by atoms with Gasteiger partial charge in [-0.3, -0.25) is 4.79 Å². The number of aliphatic hydroxyl groups is 1. The first-order valence-corrected chi connectivity index (χ1v) is 10.2. The molecule has 1 amide bonds. The smallest absolute Gasteiger partial charge is 0.257 e. The zero-order chi connectivity index (χ0) is 22.7. The Kier molecular flexibility index (Phi) is 6.11. The number of anilines is 2. The predicted molar refractivity (Wildman–Crippen MR) is 126 cm³/mol. The van der Waals surface area contributed by atoms with Crippen LogP contribution in [0.1, 0.15) is 15.9 Å². The Bertz CT molecular complexity index is 1200. The Hall–Kier alpha value is -3.82. The van der Waals surface area contributed by atoms with E-state index in [4.69, 9.17) is 11.1 Å². The van der Waals surface area contributed by atoms with Gasteiger partial charge in [0.05, 0.1) is 6.61 Å². The highest BCUT2D eigenvalue weighted by Gasteiger charge is 2.24. The van der Waals surface area contributed by atoms with Crippen molar-refractivity contribution in [3.8, 4) is 0 Å². The van der Waals surface area contributed by atoms with Crippen LogP contribution in [0.2, 0.25) is 0 Å². The van der Waals surface area contributed by atoms with E-state index >= 15 is 0 Å². The lowest BCUT2D eigenvalue weighted by atomic mass is 10.0. The highest BCUT2D eigenvalue weighted by atomic mass is 16.3. The first-order valence-electron chi connectivity index (χ1n) is 10.2. The number of amides is 1. The lowest BCUT2D eigenvalue weighted by Gasteiger charge is -2.37. The summed E-state index contributed by atoms with van der Waals surface area (Å²) in [7, 11) is 1.70. The number of nitrogens with two attached hydrogens (primary N) is 1. The molecular weight excluding hydrogens is 406 g/mol. The fraction of sp³-hybridized carbons (Fsp3) is 0.217. The first kappa shape index (κ1) is 21.4. The summed E-state index contributed by atoms with van der Waals surface area (Å²) in [6, 6.07) is 11.0. The molecule has 0 aliphatic carbocycles. The van der Waals surface area contributed by atoms with Crippen molar-refractivity contribution < 1.29 is 9.90 Å². The molecule has 4 rings (SSSR count). The van der Waals surface area contributed by atoms with Gasteiger partial charge in [-0.05, 0) is 35.2 Å². The number of fused-ring (bicyclic) bond motifs is 1. The van der Waals surface area contributed by atoms with E-state index in [9.17, 15) is 9.90 Å². The number of rotatable bonds is 7. The molecule has 0 bridgehead atoms. The maximum atomic E-state index is 12.8. The second kappa shape index (κ2) is 9.13. The summed E-state index contributed by atoms with van der Waals surface area (Å²) in [6.45, 7) is 1.25. The molecule has 3 aromatic rings. The van der Waals surface area contributed by atoms with Crippen molar-refractivity contribution in [1.82, 2.24) is 15.3 Å². The number of carbonyl (C=O) groups is 1. The minimum absolute atomic E-state index is 0.144. The molecule has 0 atom stereocenters. The lowest BCUT2D eigenvalue weighted by molar-refractivity contribution is 0.102. The quantitative estimate of drug-likeness (QED) is 0.358. The summed E-state index contributed by atoms with van der Waals surface area (Å²) in [5.74, 6) is 0.866. The molecule has 2 aromatic heterocycles. The number of hydrogen-bond acceptors (Lipinski definition) is 8.